The number of rotatable bonds is 10. The molecule has 0 fully saturated rings. The molecule has 2 rings (SSSR count). The van der Waals surface area contributed by atoms with Gasteiger partial charge in [-0.1, -0.05) is 42.5 Å². The van der Waals surface area contributed by atoms with Crippen LogP contribution in [0.1, 0.15) is 35.7 Å². The molecule has 6 nitrogen and oxygen atoms in total. The minimum Gasteiger partial charge on any atom is -0.462 e. The summed E-state index contributed by atoms with van der Waals surface area (Å²) in [6.07, 6.45) is 4.32. The molecule has 0 heterocycles. The van der Waals surface area contributed by atoms with Gasteiger partial charge in [0.05, 0.1) is 17.9 Å². The second-order valence-electron chi connectivity index (χ2n) is 6.29. The Bertz CT molecular complexity index is 886. The van der Waals surface area contributed by atoms with Crippen molar-refractivity contribution in [2.45, 2.75) is 26.2 Å². The van der Waals surface area contributed by atoms with Crippen LogP contribution in [0.5, 0.6) is 0 Å². The molecule has 0 spiro atoms. The number of nitriles is 1. The van der Waals surface area contributed by atoms with E-state index in [0.29, 0.717) is 12.2 Å². The van der Waals surface area contributed by atoms with Gasteiger partial charge in [-0.05, 0) is 43.9 Å². The van der Waals surface area contributed by atoms with Crippen LogP contribution in [0.4, 0.5) is 5.69 Å². The number of nitrogens with one attached hydrogen (secondary N) is 2. The summed E-state index contributed by atoms with van der Waals surface area (Å²) in [5.74, 6) is -1.11. The van der Waals surface area contributed by atoms with Gasteiger partial charge in [0.15, 0.2) is 0 Å². The van der Waals surface area contributed by atoms with Gasteiger partial charge in [0.25, 0.3) is 5.91 Å². The van der Waals surface area contributed by atoms with Crippen molar-refractivity contribution in [3.05, 3.63) is 77.5 Å². The van der Waals surface area contributed by atoms with E-state index in [9.17, 15) is 14.9 Å². The summed E-state index contributed by atoms with van der Waals surface area (Å²) in [5.41, 5.74) is 1.78. The summed E-state index contributed by atoms with van der Waals surface area (Å²) in [7, 11) is 0. The van der Waals surface area contributed by atoms with Crippen LogP contribution in [0.2, 0.25) is 0 Å². The first-order valence-corrected chi connectivity index (χ1v) is 9.60. The number of hydrogen-bond acceptors (Lipinski definition) is 5. The zero-order chi connectivity index (χ0) is 20.9. The zero-order valence-electron chi connectivity index (χ0n) is 16.5. The number of ether oxygens (including phenoxy) is 1. The van der Waals surface area contributed by atoms with Crippen molar-refractivity contribution in [1.29, 1.82) is 5.26 Å². The topological polar surface area (TPSA) is 91.2 Å². The van der Waals surface area contributed by atoms with Crippen molar-refractivity contribution < 1.29 is 14.3 Å². The van der Waals surface area contributed by atoms with E-state index in [0.717, 1.165) is 19.3 Å². The quantitative estimate of drug-likeness (QED) is 0.278. The first-order chi connectivity index (χ1) is 14.2. The minimum absolute atomic E-state index is 0.0632. The minimum atomic E-state index is -0.582. The fourth-order valence-corrected chi connectivity index (χ4v) is 2.69. The predicted molar refractivity (Wildman–Crippen MR) is 112 cm³/mol. The second kappa shape index (κ2) is 12.0. The number of carbonyl (C=O) groups is 2. The molecule has 2 N–H and O–H groups in total. The summed E-state index contributed by atoms with van der Waals surface area (Å²) in [5, 5.41) is 14.9. The van der Waals surface area contributed by atoms with Crippen LogP contribution in [-0.4, -0.2) is 25.0 Å². The third-order valence-corrected chi connectivity index (χ3v) is 4.16. The van der Waals surface area contributed by atoms with Gasteiger partial charge < -0.3 is 15.4 Å². The fraction of sp³-hybridized carbons (Fsp3) is 0.261. The molecule has 0 saturated carbocycles. The molecule has 0 atom stereocenters. The van der Waals surface area contributed by atoms with Crippen LogP contribution < -0.4 is 10.6 Å². The highest BCUT2D eigenvalue weighted by atomic mass is 16.5. The summed E-state index contributed by atoms with van der Waals surface area (Å²) in [6, 6.07) is 18.6. The number of nitrogens with zero attached hydrogens (tertiary/aromatic N) is 1. The molecular weight excluding hydrogens is 366 g/mol. The Kier molecular flexibility index (Phi) is 8.97. The van der Waals surface area contributed by atoms with Crippen molar-refractivity contribution in [2.24, 2.45) is 0 Å². The first-order valence-electron chi connectivity index (χ1n) is 9.60. The maximum absolute atomic E-state index is 12.4. The summed E-state index contributed by atoms with van der Waals surface area (Å²) in [6.45, 7) is 2.60. The van der Waals surface area contributed by atoms with E-state index < -0.39 is 11.9 Å². The molecule has 0 aliphatic heterocycles. The Morgan fingerprint density at radius 1 is 1.07 bits per heavy atom. The van der Waals surface area contributed by atoms with Gasteiger partial charge in [0, 0.05) is 12.7 Å². The van der Waals surface area contributed by atoms with Crippen LogP contribution in [0.25, 0.3) is 0 Å². The molecule has 2 aromatic carbocycles. The van der Waals surface area contributed by atoms with Gasteiger partial charge in [0.2, 0.25) is 0 Å². The van der Waals surface area contributed by atoms with E-state index in [1.807, 2.05) is 24.3 Å². The van der Waals surface area contributed by atoms with Crippen molar-refractivity contribution in [2.75, 3.05) is 18.5 Å². The molecule has 0 aromatic heterocycles. The van der Waals surface area contributed by atoms with Gasteiger partial charge in [0.1, 0.15) is 11.6 Å². The molecular formula is C23H25N3O3. The van der Waals surface area contributed by atoms with Crippen LogP contribution in [0.15, 0.2) is 66.4 Å². The highest BCUT2D eigenvalue weighted by Crippen LogP contribution is 2.17. The number of para-hydroxylation sites is 1. The van der Waals surface area contributed by atoms with E-state index in [-0.39, 0.29) is 17.7 Å². The highest BCUT2D eigenvalue weighted by molar-refractivity contribution is 6.09. The van der Waals surface area contributed by atoms with Gasteiger partial charge in [-0.15, -0.1) is 0 Å². The number of unbranched alkanes of at least 4 members (excludes halogenated alkanes) is 1. The number of carbonyl (C=O) groups excluding carboxylic acids is 2. The van der Waals surface area contributed by atoms with Crippen molar-refractivity contribution in [1.82, 2.24) is 5.32 Å². The molecule has 0 bridgehead atoms. The zero-order valence-corrected chi connectivity index (χ0v) is 16.5. The summed E-state index contributed by atoms with van der Waals surface area (Å²) < 4.78 is 4.99. The molecule has 0 saturated heterocycles. The summed E-state index contributed by atoms with van der Waals surface area (Å²) >= 11 is 0. The number of hydrogen-bond donors (Lipinski definition) is 2. The lowest BCUT2D eigenvalue weighted by molar-refractivity contribution is -0.112. The number of esters is 1. The molecule has 6 heteroatoms. The Hall–Kier alpha value is -3.59. The SMILES string of the molecule is CCOC(=O)c1ccccc1NC(=O)/C(C#N)=C\NCCCCc1ccccc1. The number of aryl methyl sites for hydroxylation is 1. The lowest BCUT2D eigenvalue weighted by atomic mass is 10.1. The van der Waals surface area contributed by atoms with Gasteiger partial charge in [-0.25, -0.2) is 4.79 Å². The predicted octanol–water partition coefficient (Wildman–Crippen LogP) is 3.82. The molecule has 0 aliphatic carbocycles. The molecule has 2 aromatic rings. The molecule has 150 valence electrons. The van der Waals surface area contributed by atoms with Crippen LogP contribution in [0.3, 0.4) is 0 Å². The Balaban J connectivity index is 1.85. The largest absolute Gasteiger partial charge is 0.462 e. The van der Waals surface area contributed by atoms with E-state index >= 15 is 0 Å². The second-order valence-corrected chi connectivity index (χ2v) is 6.29. The molecule has 0 unspecified atom stereocenters. The third kappa shape index (κ3) is 7.15. The maximum Gasteiger partial charge on any atom is 0.340 e. The Morgan fingerprint density at radius 3 is 2.52 bits per heavy atom. The molecule has 0 aliphatic rings. The van der Waals surface area contributed by atoms with E-state index in [1.54, 1.807) is 31.2 Å². The van der Waals surface area contributed by atoms with Crippen LogP contribution in [0, 0.1) is 11.3 Å². The third-order valence-electron chi connectivity index (χ3n) is 4.16. The lowest BCUT2D eigenvalue weighted by Crippen LogP contribution is -2.19. The number of benzene rings is 2. The van der Waals surface area contributed by atoms with Gasteiger partial charge >= 0.3 is 5.97 Å². The standard InChI is InChI=1S/C23H25N3O3/c1-2-29-23(28)20-13-6-7-14-21(20)26-22(27)19(16-24)17-25-15-9-8-12-18-10-4-3-5-11-18/h3-7,10-11,13-14,17,25H,2,8-9,12,15H2,1H3,(H,26,27)/b19-17-. The molecule has 1 amide bonds. The lowest BCUT2D eigenvalue weighted by Gasteiger charge is -2.10. The fourth-order valence-electron chi connectivity index (χ4n) is 2.69. The molecule has 29 heavy (non-hydrogen) atoms. The van der Waals surface area contributed by atoms with Gasteiger partial charge in [-0.3, -0.25) is 4.79 Å². The van der Waals surface area contributed by atoms with Crippen molar-refractivity contribution in [3.63, 3.8) is 0 Å². The van der Waals surface area contributed by atoms with Crippen LogP contribution in [-0.2, 0) is 16.0 Å². The first kappa shape index (κ1) is 21.7. The Labute approximate surface area is 171 Å². The van der Waals surface area contributed by atoms with E-state index in [4.69, 9.17) is 4.74 Å². The average Bonchev–Trinajstić information content (AvgIpc) is 2.74. The molecule has 0 radical (unpaired) electrons. The summed E-state index contributed by atoms with van der Waals surface area (Å²) in [4.78, 5) is 24.4. The maximum atomic E-state index is 12.4. The average molecular weight is 391 g/mol. The Morgan fingerprint density at radius 2 is 1.79 bits per heavy atom. The smallest absolute Gasteiger partial charge is 0.340 e. The van der Waals surface area contributed by atoms with Crippen LogP contribution >= 0.6 is 0 Å². The monoisotopic (exact) mass is 391 g/mol. The van der Waals surface area contributed by atoms with E-state index in [2.05, 4.69) is 22.8 Å². The van der Waals surface area contributed by atoms with Gasteiger partial charge in [-0.2, -0.15) is 5.26 Å². The van der Waals surface area contributed by atoms with Crippen molar-refractivity contribution in [3.8, 4) is 6.07 Å². The number of anilines is 1. The van der Waals surface area contributed by atoms with Crippen molar-refractivity contribution >= 4 is 17.6 Å². The normalized spacial score (nSPS) is 10.7. The van der Waals surface area contributed by atoms with E-state index in [1.165, 1.54) is 11.8 Å². The number of amides is 1. The highest BCUT2D eigenvalue weighted by Gasteiger charge is 2.16.